The van der Waals surface area contributed by atoms with Crippen LogP contribution < -0.4 is 5.32 Å². The van der Waals surface area contributed by atoms with E-state index in [1.165, 1.54) is 12.1 Å². The molecule has 0 spiro atoms. The summed E-state index contributed by atoms with van der Waals surface area (Å²) >= 11 is 5.76. The number of carbonyl (C=O) groups is 1. The van der Waals surface area contributed by atoms with Gasteiger partial charge in [0.15, 0.2) is 0 Å². The van der Waals surface area contributed by atoms with Crippen LogP contribution in [0.4, 0.5) is 4.39 Å². The topological polar surface area (TPSA) is 52.9 Å². The highest BCUT2D eigenvalue weighted by Crippen LogP contribution is 2.32. The molecule has 0 saturated heterocycles. The minimum atomic E-state index is -0.495. The number of hydrogen-bond donors (Lipinski definition) is 1. The number of halogens is 2. The normalized spacial score (nSPS) is 16.1. The van der Waals surface area contributed by atoms with Crippen molar-refractivity contribution >= 4 is 17.5 Å². The van der Waals surface area contributed by atoms with Gasteiger partial charge in [0.2, 0.25) is 0 Å². The number of nitriles is 1. The van der Waals surface area contributed by atoms with Gasteiger partial charge in [0, 0.05) is 0 Å². The number of benzene rings is 1. The Hall–Kier alpha value is -1.60. The quantitative estimate of drug-likeness (QED) is 0.899. The van der Waals surface area contributed by atoms with E-state index in [0.29, 0.717) is 0 Å². The number of rotatable bonds is 3. The Morgan fingerprint density at radius 3 is 2.82 bits per heavy atom. The third-order valence-corrected chi connectivity index (χ3v) is 3.01. The van der Waals surface area contributed by atoms with Crippen LogP contribution in [0.1, 0.15) is 23.2 Å². The van der Waals surface area contributed by atoms with Crippen LogP contribution in [0.3, 0.4) is 0 Å². The van der Waals surface area contributed by atoms with Gasteiger partial charge in [0.05, 0.1) is 16.7 Å². The van der Waals surface area contributed by atoms with Crippen molar-refractivity contribution in [3.63, 3.8) is 0 Å². The molecule has 3 nitrogen and oxygen atoms in total. The second kappa shape index (κ2) is 4.72. The first-order chi connectivity index (χ1) is 8.11. The van der Waals surface area contributed by atoms with Crippen molar-refractivity contribution in [3.05, 3.63) is 34.6 Å². The van der Waals surface area contributed by atoms with Crippen LogP contribution in [0.5, 0.6) is 0 Å². The van der Waals surface area contributed by atoms with E-state index in [2.05, 4.69) is 5.32 Å². The third kappa shape index (κ3) is 2.75. The molecule has 1 aromatic carbocycles. The molecule has 17 heavy (non-hydrogen) atoms. The Kier molecular flexibility index (Phi) is 3.30. The fourth-order valence-electron chi connectivity index (χ4n) is 1.58. The molecular weight excluding hydrogens is 243 g/mol. The Morgan fingerprint density at radius 1 is 1.59 bits per heavy atom. The molecule has 0 aliphatic heterocycles. The van der Waals surface area contributed by atoms with Crippen molar-refractivity contribution in [1.82, 2.24) is 5.32 Å². The van der Waals surface area contributed by atoms with Gasteiger partial charge in [-0.2, -0.15) is 5.26 Å². The van der Waals surface area contributed by atoms with Gasteiger partial charge in [0.25, 0.3) is 5.91 Å². The second-order valence-electron chi connectivity index (χ2n) is 4.04. The zero-order chi connectivity index (χ0) is 12.4. The van der Waals surface area contributed by atoms with Crippen LogP contribution in [0.15, 0.2) is 18.2 Å². The number of nitrogens with zero attached hydrogens (tertiary/aromatic N) is 1. The molecular formula is C12H10ClFN2O. The Morgan fingerprint density at radius 2 is 2.29 bits per heavy atom. The van der Waals surface area contributed by atoms with Gasteiger partial charge in [-0.15, -0.1) is 0 Å². The van der Waals surface area contributed by atoms with Crippen molar-refractivity contribution in [2.75, 3.05) is 0 Å². The van der Waals surface area contributed by atoms with E-state index in [0.717, 1.165) is 18.9 Å². The van der Waals surface area contributed by atoms with Gasteiger partial charge in [0.1, 0.15) is 11.9 Å². The number of nitrogens with one attached hydrogen (secondary N) is 1. The molecule has 1 atom stereocenters. The molecule has 0 bridgehead atoms. The first kappa shape index (κ1) is 11.9. The van der Waals surface area contributed by atoms with Crippen LogP contribution >= 0.6 is 11.6 Å². The zero-order valence-electron chi connectivity index (χ0n) is 8.91. The molecule has 1 aliphatic carbocycles. The summed E-state index contributed by atoms with van der Waals surface area (Å²) in [5.41, 5.74) is 0.189. The van der Waals surface area contributed by atoms with Crippen LogP contribution in [0.25, 0.3) is 0 Å². The smallest absolute Gasteiger partial charge is 0.253 e. The largest absolute Gasteiger partial charge is 0.336 e. The maximum atomic E-state index is 12.8. The van der Waals surface area contributed by atoms with Gasteiger partial charge in [-0.25, -0.2) is 4.39 Å². The molecule has 0 heterocycles. The summed E-state index contributed by atoms with van der Waals surface area (Å²) in [5, 5.41) is 11.5. The van der Waals surface area contributed by atoms with Crippen molar-refractivity contribution in [2.45, 2.75) is 18.9 Å². The first-order valence-corrected chi connectivity index (χ1v) is 5.65. The maximum absolute atomic E-state index is 12.8. The van der Waals surface area contributed by atoms with E-state index in [1.807, 2.05) is 6.07 Å². The second-order valence-corrected chi connectivity index (χ2v) is 4.45. The number of carbonyl (C=O) groups excluding carboxylic acids is 1. The minimum Gasteiger partial charge on any atom is -0.336 e. The lowest BCUT2D eigenvalue weighted by Gasteiger charge is -2.11. The molecule has 1 aliphatic rings. The Labute approximate surface area is 103 Å². The predicted molar refractivity (Wildman–Crippen MR) is 61.0 cm³/mol. The molecule has 1 unspecified atom stereocenters. The fraction of sp³-hybridized carbons (Fsp3) is 0.333. The van der Waals surface area contributed by atoms with E-state index in [4.69, 9.17) is 16.9 Å². The van der Waals surface area contributed by atoms with Crippen LogP contribution in [-0.4, -0.2) is 11.9 Å². The Bertz CT molecular complexity index is 494. The summed E-state index contributed by atoms with van der Waals surface area (Å²) in [4.78, 5) is 11.8. The van der Waals surface area contributed by atoms with E-state index in [-0.39, 0.29) is 16.5 Å². The first-order valence-electron chi connectivity index (χ1n) is 5.27. The Balaban J connectivity index is 2.11. The minimum absolute atomic E-state index is 0.0509. The molecule has 1 amide bonds. The van der Waals surface area contributed by atoms with E-state index < -0.39 is 17.8 Å². The third-order valence-electron chi connectivity index (χ3n) is 2.69. The summed E-state index contributed by atoms with van der Waals surface area (Å²) in [6.07, 6.45) is 1.91. The van der Waals surface area contributed by atoms with Crippen LogP contribution in [0, 0.1) is 23.1 Å². The lowest BCUT2D eigenvalue weighted by atomic mass is 10.1. The molecule has 5 heteroatoms. The average molecular weight is 253 g/mol. The number of hydrogen-bond acceptors (Lipinski definition) is 2. The van der Waals surface area contributed by atoms with Crippen molar-refractivity contribution in [1.29, 1.82) is 5.26 Å². The zero-order valence-corrected chi connectivity index (χ0v) is 9.67. The highest BCUT2D eigenvalue weighted by atomic mass is 35.5. The lowest BCUT2D eigenvalue weighted by Crippen LogP contribution is -2.35. The van der Waals surface area contributed by atoms with Crippen molar-refractivity contribution < 1.29 is 9.18 Å². The fourth-order valence-corrected chi connectivity index (χ4v) is 1.83. The number of amides is 1. The summed E-state index contributed by atoms with van der Waals surface area (Å²) in [5.74, 6) is -0.692. The molecule has 0 radical (unpaired) electrons. The summed E-state index contributed by atoms with van der Waals surface area (Å²) in [6, 6.07) is 5.12. The van der Waals surface area contributed by atoms with Crippen molar-refractivity contribution in [3.8, 4) is 6.07 Å². The van der Waals surface area contributed by atoms with Gasteiger partial charge >= 0.3 is 0 Å². The van der Waals surface area contributed by atoms with E-state index in [9.17, 15) is 9.18 Å². The molecule has 1 fully saturated rings. The van der Waals surface area contributed by atoms with Gasteiger partial charge in [-0.1, -0.05) is 11.6 Å². The standard InChI is InChI=1S/C12H10ClFN2O/c13-10-5-8(14)3-4-9(10)12(17)16-11(6-15)7-1-2-7/h3-5,7,11H,1-2H2,(H,16,17). The highest BCUT2D eigenvalue weighted by Gasteiger charge is 2.32. The molecule has 1 saturated carbocycles. The highest BCUT2D eigenvalue weighted by molar-refractivity contribution is 6.33. The van der Waals surface area contributed by atoms with Gasteiger partial charge in [-0.3, -0.25) is 4.79 Å². The summed E-state index contributed by atoms with van der Waals surface area (Å²) in [7, 11) is 0. The van der Waals surface area contributed by atoms with Crippen LogP contribution in [-0.2, 0) is 0 Å². The molecule has 88 valence electrons. The monoisotopic (exact) mass is 252 g/mol. The summed E-state index contributed by atoms with van der Waals surface area (Å²) < 4.78 is 12.8. The van der Waals surface area contributed by atoms with E-state index >= 15 is 0 Å². The molecule has 0 aromatic heterocycles. The molecule has 1 N–H and O–H groups in total. The molecule has 2 rings (SSSR count). The summed E-state index contributed by atoms with van der Waals surface area (Å²) in [6.45, 7) is 0. The lowest BCUT2D eigenvalue weighted by molar-refractivity contribution is 0.0942. The van der Waals surface area contributed by atoms with Crippen molar-refractivity contribution in [2.24, 2.45) is 5.92 Å². The van der Waals surface area contributed by atoms with Crippen LogP contribution in [0.2, 0.25) is 5.02 Å². The van der Waals surface area contributed by atoms with Gasteiger partial charge in [-0.05, 0) is 37.0 Å². The SMILES string of the molecule is N#CC(NC(=O)c1ccc(F)cc1Cl)C1CC1. The van der Waals surface area contributed by atoms with Gasteiger partial charge < -0.3 is 5.32 Å². The average Bonchev–Trinajstić information content (AvgIpc) is 3.09. The maximum Gasteiger partial charge on any atom is 0.253 e. The molecule has 1 aromatic rings. The van der Waals surface area contributed by atoms with E-state index in [1.54, 1.807) is 0 Å². The predicted octanol–water partition coefficient (Wildman–Crippen LogP) is 2.51.